The van der Waals surface area contributed by atoms with Crippen molar-refractivity contribution in [1.82, 2.24) is 0 Å². The number of rotatable bonds is 7. The second-order valence-electron chi connectivity index (χ2n) is 8.55. The van der Waals surface area contributed by atoms with Gasteiger partial charge in [0.25, 0.3) is 5.91 Å². The monoisotopic (exact) mass is 502 g/mol. The molecular formula is C28H26N2O7. The lowest BCUT2D eigenvalue weighted by atomic mass is 9.90. The number of hydrogen-bond acceptors (Lipinski definition) is 8. The van der Waals surface area contributed by atoms with Crippen LogP contribution in [0, 0.1) is 5.92 Å². The minimum Gasteiger partial charge on any atom is -0.497 e. The number of amides is 2. The van der Waals surface area contributed by atoms with E-state index in [2.05, 4.69) is 0 Å². The summed E-state index contributed by atoms with van der Waals surface area (Å²) in [5, 5.41) is 1.61. The van der Waals surface area contributed by atoms with Gasteiger partial charge < -0.3 is 14.2 Å². The molecule has 2 aliphatic rings. The smallest absolute Gasteiger partial charge is 0.338 e. The van der Waals surface area contributed by atoms with Crippen LogP contribution in [0.15, 0.2) is 72.8 Å². The van der Waals surface area contributed by atoms with E-state index in [4.69, 9.17) is 19.0 Å². The van der Waals surface area contributed by atoms with Gasteiger partial charge in [0.1, 0.15) is 17.4 Å². The van der Waals surface area contributed by atoms with Gasteiger partial charge in [0.2, 0.25) is 5.91 Å². The van der Waals surface area contributed by atoms with Crippen molar-refractivity contribution in [3.63, 3.8) is 0 Å². The van der Waals surface area contributed by atoms with Crippen LogP contribution in [0.3, 0.4) is 0 Å². The lowest BCUT2D eigenvalue weighted by Crippen LogP contribution is -2.37. The summed E-state index contributed by atoms with van der Waals surface area (Å²) in [7, 11) is 3.10. The van der Waals surface area contributed by atoms with Crippen molar-refractivity contribution in [2.24, 2.45) is 5.92 Å². The van der Waals surface area contributed by atoms with Crippen LogP contribution in [-0.2, 0) is 19.2 Å². The van der Waals surface area contributed by atoms with E-state index in [1.807, 2.05) is 36.4 Å². The third-order valence-corrected chi connectivity index (χ3v) is 6.52. The van der Waals surface area contributed by atoms with Crippen molar-refractivity contribution >= 4 is 29.2 Å². The van der Waals surface area contributed by atoms with Crippen molar-refractivity contribution in [3.05, 3.63) is 83.9 Å². The number of imide groups is 1. The van der Waals surface area contributed by atoms with Crippen LogP contribution >= 0.6 is 0 Å². The molecule has 0 aliphatic carbocycles. The Bertz CT molecular complexity index is 1330. The highest BCUT2D eigenvalue weighted by atomic mass is 16.7. The lowest BCUT2D eigenvalue weighted by Gasteiger charge is -2.29. The van der Waals surface area contributed by atoms with E-state index >= 15 is 0 Å². The van der Waals surface area contributed by atoms with Crippen LogP contribution in [0.2, 0.25) is 0 Å². The molecule has 9 nitrogen and oxygen atoms in total. The molecule has 2 saturated heterocycles. The number of hydrogen-bond donors (Lipinski definition) is 0. The van der Waals surface area contributed by atoms with Crippen LogP contribution < -0.4 is 19.4 Å². The standard InChI is InChI=1S/C28H26N2O7/c1-4-36-28(33)17-10-12-18(13-11-17)29-26(31)23-24(21-15-14-20(34-2)16-22(21)35-3)30(37-25(23)27(29)32)19-8-6-5-7-9-19/h5-16,23-25H,4H2,1-3H3/t23-,24-,25+/m1/s1. The molecule has 3 aromatic carbocycles. The first kappa shape index (κ1) is 24.3. The van der Waals surface area contributed by atoms with Gasteiger partial charge in [0.05, 0.1) is 43.8 Å². The van der Waals surface area contributed by atoms with E-state index in [9.17, 15) is 14.4 Å². The summed E-state index contributed by atoms with van der Waals surface area (Å²) in [4.78, 5) is 46.7. The Morgan fingerprint density at radius 3 is 2.27 bits per heavy atom. The first-order valence-electron chi connectivity index (χ1n) is 11.9. The molecule has 37 heavy (non-hydrogen) atoms. The van der Waals surface area contributed by atoms with E-state index in [0.29, 0.717) is 34.0 Å². The molecule has 2 heterocycles. The molecule has 0 N–H and O–H groups in total. The number of fused-ring (bicyclic) bond motifs is 1. The van der Waals surface area contributed by atoms with Gasteiger partial charge in [-0.3, -0.25) is 14.4 Å². The highest BCUT2D eigenvalue weighted by molar-refractivity contribution is 6.24. The van der Waals surface area contributed by atoms with Crippen LogP contribution in [-0.4, -0.2) is 44.7 Å². The molecule has 0 aromatic heterocycles. The van der Waals surface area contributed by atoms with E-state index in [1.54, 1.807) is 43.4 Å². The molecule has 0 spiro atoms. The molecular weight excluding hydrogens is 476 g/mol. The van der Waals surface area contributed by atoms with Gasteiger partial charge in [0.15, 0.2) is 6.10 Å². The fraction of sp³-hybridized carbons (Fsp3) is 0.250. The largest absolute Gasteiger partial charge is 0.497 e. The number of para-hydroxylation sites is 1. The van der Waals surface area contributed by atoms with Crippen LogP contribution in [0.25, 0.3) is 0 Å². The summed E-state index contributed by atoms with van der Waals surface area (Å²) in [6.45, 7) is 1.97. The molecule has 2 fully saturated rings. The van der Waals surface area contributed by atoms with Crippen molar-refractivity contribution in [3.8, 4) is 11.5 Å². The third kappa shape index (κ3) is 4.17. The van der Waals surface area contributed by atoms with Crippen LogP contribution in [0.1, 0.15) is 28.9 Å². The van der Waals surface area contributed by atoms with E-state index in [0.717, 1.165) is 4.90 Å². The Balaban J connectivity index is 1.54. The number of carbonyl (C=O) groups is 3. The maximum Gasteiger partial charge on any atom is 0.338 e. The fourth-order valence-electron chi connectivity index (χ4n) is 4.81. The van der Waals surface area contributed by atoms with Crippen LogP contribution in [0.5, 0.6) is 11.5 Å². The zero-order valence-corrected chi connectivity index (χ0v) is 20.6. The summed E-state index contributed by atoms with van der Waals surface area (Å²) in [5.41, 5.74) is 2.07. The zero-order chi connectivity index (χ0) is 26.1. The average Bonchev–Trinajstić information content (AvgIpc) is 3.44. The van der Waals surface area contributed by atoms with Crippen molar-refractivity contribution < 1.29 is 33.4 Å². The lowest BCUT2D eigenvalue weighted by molar-refractivity contribution is -0.126. The molecule has 0 radical (unpaired) electrons. The number of carbonyl (C=O) groups excluding carboxylic acids is 3. The third-order valence-electron chi connectivity index (χ3n) is 6.52. The SMILES string of the molecule is CCOC(=O)c1ccc(N2C(=O)[C@H]3[C@H](ON(c4ccccc4)[C@@H]3c3ccc(OC)cc3OC)C2=O)cc1. The normalized spacial score (nSPS) is 20.7. The first-order chi connectivity index (χ1) is 18.0. The molecule has 5 rings (SSSR count). The molecule has 0 unspecified atom stereocenters. The predicted molar refractivity (Wildman–Crippen MR) is 134 cm³/mol. The van der Waals surface area contributed by atoms with Gasteiger partial charge in [0, 0.05) is 11.6 Å². The van der Waals surface area contributed by atoms with Crippen molar-refractivity contribution in [2.45, 2.75) is 19.1 Å². The molecule has 3 aromatic rings. The van der Waals surface area contributed by atoms with Gasteiger partial charge in [-0.05, 0) is 55.5 Å². The quantitative estimate of drug-likeness (QED) is 0.354. The highest BCUT2D eigenvalue weighted by Gasteiger charge is 2.60. The van der Waals surface area contributed by atoms with Gasteiger partial charge in [-0.1, -0.05) is 18.2 Å². The Morgan fingerprint density at radius 1 is 0.892 bits per heavy atom. The molecule has 0 saturated carbocycles. The molecule has 190 valence electrons. The fourth-order valence-corrected chi connectivity index (χ4v) is 4.81. The van der Waals surface area contributed by atoms with Gasteiger partial charge >= 0.3 is 5.97 Å². The van der Waals surface area contributed by atoms with Gasteiger partial charge in [-0.15, -0.1) is 0 Å². The summed E-state index contributed by atoms with van der Waals surface area (Å²) >= 11 is 0. The highest BCUT2D eigenvalue weighted by Crippen LogP contribution is 2.49. The number of nitrogens with zero attached hydrogens (tertiary/aromatic N) is 2. The van der Waals surface area contributed by atoms with Crippen molar-refractivity contribution in [1.29, 1.82) is 0 Å². The number of benzene rings is 3. The van der Waals surface area contributed by atoms with E-state index in [-0.39, 0.29) is 6.61 Å². The van der Waals surface area contributed by atoms with E-state index < -0.39 is 35.8 Å². The Kier molecular flexibility index (Phi) is 6.54. The summed E-state index contributed by atoms with van der Waals surface area (Å²) in [6.07, 6.45) is -1.03. The Morgan fingerprint density at radius 2 is 1.62 bits per heavy atom. The first-order valence-corrected chi connectivity index (χ1v) is 11.9. The number of methoxy groups -OCH3 is 2. The number of ether oxygens (including phenoxy) is 3. The minimum atomic E-state index is -1.03. The maximum atomic E-state index is 13.8. The van der Waals surface area contributed by atoms with Gasteiger partial charge in [-0.2, -0.15) is 0 Å². The predicted octanol–water partition coefficient (Wildman–Crippen LogP) is 3.93. The second-order valence-corrected chi connectivity index (χ2v) is 8.55. The molecule has 0 bridgehead atoms. The van der Waals surface area contributed by atoms with Gasteiger partial charge in [-0.25, -0.2) is 14.8 Å². The Labute approximate surface area is 214 Å². The number of anilines is 2. The maximum absolute atomic E-state index is 13.8. The summed E-state index contributed by atoms with van der Waals surface area (Å²) in [6, 6.07) is 20.2. The second kappa shape index (κ2) is 9.94. The zero-order valence-electron chi connectivity index (χ0n) is 20.6. The summed E-state index contributed by atoms with van der Waals surface area (Å²) in [5.74, 6) is -1.08. The van der Waals surface area contributed by atoms with Crippen molar-refractivity contribution in [2.75, 3.05) is 30.8 Å². The average molecular weight is 503 g/mol. The molecule has 3 atom stereocenters. The van der Waals surface area contributed by atoms with E-state index in [1.165, 1.54) is 19.2 Å². The minimum absolute atomic E-state index is 0.249. The number of esters is 1. The molecule has 2 amide bonds. The molecule has 9 heteroatoms. The topological polar surface area (TPSA) is 94.6 Å². The Hall–Kier alpha value is -4.37. The summed E-state index contributed by atoms with van der Waals surface area (Å²) < 4.78 is 16.0. The molecule has 2 aliphatic heterocycles. The number of hydroxylamine groups is 1. The van der Waals surface area contributed by atoms with Crippen LogP contribution in [0.4, 0.5) is 11.4 Å².